The number of nitrogens with one attached hydrogen (secondary N) is 2. The third kappa shape index (κ3) is 5.04. The lowest BCUT2D eigenvalue weighted by atomic mass is 10.2. The van der Waals surface area contributed by atoms with Gasteiger partial charge in [-0.3, -0.25) is 14.5 Å². The second kappa shape index (κ2) is 8.08. The molecule has 1 unspecified atom stereocenters. The first kappa shape index (κ1) is 15.0. The Hall–Kier alpha value is -1.10. The van der Waals surface area contributed by atoms with Crippen molar-refractivity contribution in [2.24, 2.45) is 0 Å². The minimum absolute atomic E-state index is 0.0295. The number of likely N-dealkylation sites (tertiary alicyclic amines) is 1. The van der Waals surface area contributed by atoms with Gasteiger partial charge in [0.2, 0.25) is 11.8 Å². The lowest BCUT2D eigenvalue weighted by Crippen LogP contribution is -2.40. The van der Waals surface area contributed by atoms with E-state index >= 15 is 0 Å². The van der Waals surface area contributed by atoms with E-state index in [4.69, 9.17) is 0 Å². The minimum Gasteiger partial charge on any atom is -0.359 e. The van der Waals surface area contributed by atoms with Crippen molar-refractivity contribution in [3.63, 3.8) is 0 Å². The second-order valence-electron chi connectivity index (χ2n) is 4.83. The van der Waals surface area contributed by atoms with E-state index in [1.54, 1.807) is 7.05 Å². The highest BCUT2D eigenvalue weighted by Crippen LogP contribution is 2.20. The highest BCUT2D eigenvalue weighted by Gasteiger charge is 2.25. The summed E-state index contributed by atoms with van der Waals surface area (Å²) in [4.78, 5) is 25.0. The van der Waals surface area contributed by atoms with Gasteiger partial charge in [0.15, 0.2) is 0 Å². The van der Waals surface area contributed by atoms with E-state index in [1.165, 1.54) is 25.7 Å². The van der Waals surface area contributed by atoms with Gasteiger partial charge in [-0.15, -0.1) is 0 Å². The molecular formula is C13H25N3O2. The normalized spacial score (nSPS) is 19.8. The van der Waals surface area contributed by atoms with Gasteiger partial charge in [0, 0.05) is 26.1 Å². The predicted octanol–water partition coefficient (Wildman–Crippen LogP) is 0.503. The maximum absolute atomic E-state index is 11.7. The zero-order valence-electron chi connectivity index (χ0n) is 11.5. The van der Waals surface area contributed by atoms with E-state index < -0.39 is 0 Å². The zero-order chi connectivity index (χ0) is 13.4. The van der Waals surface area contributed by atoms with Crippen LogP contribution in [0.5, 0.6) is 0 Å². The molecule has 1 rings (SSSR count). The van der Waals surface area contributed by atoms with Crippen LogP contribution in [0.25, 0.3) is 0 Å². The fourth-order valence-electron chi connectivity index (χ4n) is 2.44. The van der Waals surface area contributed by atoms with Crippen molar-refractivity contribution in [1.29, 1.82) is 0 Å². The summed E-state index contributed by atoms with van der Waals surface area (Å²) in [6, 6.07) is 0.569. The topological polar surface area (TPSA) is 61.4 Å². The highest BCUT2D eigenvalue weighted by molar-refractivity contribution is 5.80. The number of rotatable bonds is 7. The van der Waals surface area contributed by atoms with Crippen LogP contribution in [0, 0.1) is 0 Å². The molecule has 0 aromatic carbocycles. The molecule has 1 saturated heterocycles. The van der Waals surface area contributed by atoms with Gasteiger partial charge in [-0.2, -0.15) is 0 Å². The Morgan fingerprint density at radius 3 is 2.78 bits per heavy atom. The number of nitrogens with zero attached hydrogens (tertiary/aromatic N) is 1. The van der Waals surface area contributed by atoms with Gasteiger partial charge in [0.1, 0.15) is 0 Å². The van der Waals surface area contributed by atoms with Crippen molar-refractivity contribution in [1.82, 2.24) is 15.5 Å². The van der Waals surface area contributed by atoms with Crippen LogP contribution in [-0.2, 0) is 9.59 Å². The van der Waals surface area contributed by atoms with Crippen LogP contribution >= 0.6 is 0 Å². The summed E-state index contributed by atoms with van der Waals surface area (Å²) in [5, 5.41) is 5.33. The van der Waals surface area contributed by atoms with E-state index in [-0.39, 0.29) is 11.8 Å². The lowest BCUT2D eigenvalue weighted by molar-refractivity contribution is -0.123. The van der Waals surface area contributed by atoms with Crippen molar-refractivity contribution in [3.05, 3.63) is 0 Å². The van der Waals surface area contributed by atoms with Crippen LogP contribution < -0.4 is 10.6 Å². The number of carbonyl (C=O) groups is 2. The molecule has 1 heterocycles. The molecule has 2 N–H and O–H groups in total. The summed E-state index contributed by atoms with van der Waals surface area (Å²) < 4.78 is 0. The molecule has 0 spiro atoms. The summed E-state index contributed by atoms with van der Waals surface area (Å²) in [6.07, 6.45) is 5.08. The third-order valence-electron chi connectivity index (χ3n) is 3.42. The Balaban J connectivity index is 2.20. The molecule has 0 radical (unpaired) electrons. The van der Waals surface area contributed by atoms with Crippen molar-refractivity contribution >= 4 is 11.8 Å². The molecule has 1 aliphatic rings. The maximum atomic E-state index is 11.7. The maximum Gasteiger partial charge on any atom is 0.234 e. The lowest BCUT2D eigenvalue weighted by Gasteiger charge is -2.23. The van der Waals surface area contributed by atoms with Crippen molar-refractivity contribution in [2.45, 2.75) is 45.1 Å². The second-order valence-corrected chi connectivity index (χ2v) is 4.83. The summed E-state index contributed by atoms with van der Waals surface area (Å²) >= 11 is 0. The molecule has 5 nitrogen and oxygen atoms in total. The van der Waals surface area contributed by atoms with E-state index in [9.17, 15) is 9.59 Å². The van der Waals surface area contributed by atoms with Crippen LogP contribution in [-0.4, -0.2) is 49.4 Å². The van der Waals surface area contributed by atoms with E-state index in [2.05, 4.69) is 22.5 Å². The summed E-state index contributed by atoms with van der Waals surface area (Å²) in [5.41, 5.74) is 0. The molecule has 5 heteroatoms. The van der Waals surface area contributed by atoms with E-state index in [0.29, 0.717) is 25.6 Å². The van der Waals surface area contributed by atoms with Crippen LogP contribution in [0.3, 0.4) is 0 Å². The summed E-state index contributed by atoms with van der Waals surface area (Å²) in [5.74, 6) is -0.0118. The van der Waals surface area contributed by atoms with Crippen molar-refractivity contribution in [3.8, 4) is 0 Å². The molecule has 1 fully saturated rings. The van der Waals surface area contributed by atoms with Gasteiger partial charge in [-0.05, 0) is 25.8 Å². The molecular weight excluding hydrogens is 237 g/mol. The summed E-state index contributed by atoms with van der Waals surface area (Å²) in [7, 11) is 1.60. The van der Waals surface area contributed by atoms with Gasteiger partial charge >= 0.3 is 0 Å². The van der Waals surface area contributed by atoms with Crippen LogP contribution in [0.4, 0.5) is 0 Å². The Kier molecular flexibility index (Phi) is 6.72. The number of carbonyl (C=O) groups excluding carboxylic acids is 2. The first-order chi connectivity index (χ1) is 8.67. The van der Waals surface area contributed by atoms with Crippen LogP contribution in [0.1, 0.15) is 39.0 Å². The van der Waals surface area contributed by atoms with Gasteiger partial charge < -0.3 is 10.6 Å². The molecule has 104 valence electrons. The SMILES string of the molecule is C[13CH2]CC1CCC[15N]1[13CH2]C(=O)[15NH]CC[13C](=O)[15NH][13CH3]. The number of hydrogen-bond donors (Lipinski definition) is 2. The first-order valence-corrected chi connectivity index (χ1v) is 6.88. The van der Waals surface area contributed by atoms with Crippen LogP contribution in [0.2, 0.25) is 0 Å². The molecule has 0 aromatic rings. The molecule has 0 bridgehead atoms. The van der Waals surface area contributed by atoms with Gasteiger partial charge in [0.25, 0.3) is 0 Å². The average molecular weight is 262 g/mol. The Morgan fingerprint density at radius 2 is 2.11 bits per heavy atom. The smallest absolute Gasteiger partial charge is 0.234 e. The average Bonchev–Trinajstić information content (AvgIpc) is 2.77. The quantitative estimate of drug-likeness (QED) is 0.519. The number of hydrogen-bond acceptors (Lipinski definition) is 3. The van der Waals surface area contributed by atoms with Gasteiger partial charge in [-0.25, -0.2) is 0 Å². The van der Waals surface area contributed by atoms with Crippen molar-refractivity contribution < 1.29 is 9.59 Å². The molecule has 0 aromatic heterocycles. The van der Waals surface area contributed by atoms with E-state index in [0.717, 1.165) is 6.54 Å². The van der Waals surface area contributed by atoms with Crippen LogP contribution in [0.15, 0.2) is 0 Å². The molecule has 1 atom stereocenters. The molecule has 1 aliphatic heterocycles. The largest absolute Gasteiger partial charge is 0.359 e. The Bertz CT molecular complexity index is 281. The first-order valence-electron chi connectivity index (χ1n) is 6.88. The van der Waals surface area contributed by atoms with Crippen molar-refractivity contribution in [2.75, 3.05) is 26.7 Å². The third-order valence-corrected chi connectivity index (χ3v) is 3.42. The number of amides is 2. The Labute approximate surface area is 109 Å². The zero-order valence-corrected chi connectivity index (χ0v) is 11.5. The molecule has 0 saturated carbocycles. The van der Waals surface area contributed by atoms with Gasteiger partial charge in [-0.1, -0.05) is 13.3 Å². The fourth-order valence-corrected chi connectivity index (χ4v) is 2.44. The molecule has 18 heavy (non-hydrogen) atoms. The minimum atomic E-state index is -0.0414. The summed E-state index contributed by atoms with van der Waals surface area (Å²) in [6.45, 7) is 4.09. The fraction of sp³-hybridized carbons (Fsp3) is 0.846. The predicted molar refractivity (Wildman–Crippen MR) is 71.2 cm³/mol. The van der Waals surface area contributed by atoms with E-state index in [1.807, 2.05) is 0 Å². The molecule has 2 amide bonds. The molecule has 0 aliphatic carbocycles. The highest BCUT2D eigenvalue weighted by atomic mass is 16.3. The Morgan fingerprint density at radius 1 is 1.33 bits per heavy atom. The monoisotopic (exact) mass is 262 g/mol. The van der Waals surface area contributed by atoms with Gasteiger partial charge in [0.05, 0.1) is 6.54 Å². The standard InChI is InChI=1S/C13H25N3O2/c1-3-5-11-6-4-9-16(11)10-13(18)15-8-7-12(17)14-2/h11H,3-10H2,1-2H3,(H,14,17)(H,15,18)/i2+1,3+1,10+1,12+1,14+1,15+1,16+1.